The summed E-state index contributed by atoms with van der Waals surface area (Å²) in [6, 6.07) is 9.36. The first kappa shape index (κ1) is 25.7. The van der Waals surface area contributed by atoms with Gasteiger partial charge in [0.1, 0.15) is 12.4 Å². The third kappa shape index (κ3) is 4.92. The van der Waals surface area contributed by atoms with Gasteiger partial charge in [-0.1, -0.05) is 19.6 Å². The molecule has 3 aromatic heterocycles. The largest absolute Gasteiger partial charge is 0.380 e. The summed E-state index contributed by atoms with van der Waals surface area (Å²) in [6.07, 6.45) is 4.13. The van der Waals surface area contributed by atoms with E-state index in [-0.39, 0.29) is 12.3 Å². The second-order valence-corrected chi connectivity index (χ2v) is 18.8. The number of hydrogen-bond acceptors (Lipinski definition) is 7. The SMILES string of the molecule is Cc1cc(N2CCC3(CC2)COC3)cc2c(=O)n(COCC[Si](C)(C)C)c(-c3cc4ccsc4cn3)nc12. The number of ether oxygens (including phenoxy) is 2. The third-order valence-electron chi connectivity index (χ3n) is 8.03. The van der Waals surface area contributed by atoms with Gasteiger partial charge >= 0.3 is 0 Å². The van der Waals surface area contributed by atoms with Crippen molar-refractivity contribution in [1.82, 2.24) is 14.5 Å². The Hall–Kier alpha value is -2.59. The summed E-state index contributed by atoms with van der Waals surface area (Å²) < 4.78 is 14.4. The highest BCUT2D eigenvalue weighted by molar-refractivity contribution is 7.17. The predicted molar refractivity (Wildman–Crippen MR) is 158 cm³/mol. The van der Waals surface area contributed by atoms with E-state index in [1.165, 1.54) is 0 Å². The van der Waals surface area contributed by atoms with Gasteiger partial charge in [-0.05, 0) is 66.4 Å². The fraction of sp³-hybridized carbons (Fsp3) is 0.483. The minimum absolute atomic E-state index is 0.0731. The first-order chi connectivity index (χ1) is 18.2. The molecule has 0 amide bonds. The molecule has 2 aliphatic rings. The lowest BCUT2D eigenvalue weighted by Crippen LogP contribution is -2.51. The molecule has 5 heterocycles. The Morgan fingerprint density at radius 1 is 1.16 bits per heavy atom. The van der Waals surface area contributed by atoms with Crippen molar-refractivity contribution in [2.75, 3.05) is 37.8 Å². The van der Waals surface area contributed by atoms with Gasteiger partial charge in [0.05, 0.1) is 28.8 Å². The van der Waals surface area contributed by atoms with Crippen LogP contribution in [-0.2, 0) is 16.2 Å². The maximum Gasteiger partial charge on any atom is 0.263 e. The van der Waals surface area contributed by atoms with Crippen molar-refractivity contribution in [3.05, 3.63) is 51.8 Å². The average Bonchev–Trinajstić information content (AvgIpc) is 3.34. The number of aryl methyl sites for hydroxylation is 1. The van der Waals surface area contributed by atoms with Gasteiger partial charge in [-0.25, -0.2) is 4.98 Å². The Labute approximate surface area is 228 Å². The highest BCUT2D eigenvalue weighted by atomic mass is 32.1. The normalized spacial score (nSPS) is 17.4. The molecule has 1 aromatic carbocycles. The molecular weight excluding hydrogens is 512 g/mol. The van der Waals surface area contributed by atoms with E-state index in [1.807, 2.05) is 18.3 Å². The second kappa shape index (κ2) is 9.86. The molecule has 4 aromatic rings. The Balaban J connectivity index is 1.40. The summed E-state index contributed by atoms with van der Waals surface area (Å²) >= 11 is 1.66. The van der Waals surface area contributed by atoms with Crippen molar-refractivity contribution in [3.63, 3.8) is 0 Å². The van der Waals surface area contributed by atoms with Gasteiger partial charge in [-0.3, -0.25) is 14.3 Å². The zero-order valence-corrected chi connectivity index (χ0v) is 24.6. The van der Waals surface area contributed by atoms with E-state index in [1.54, 1.807) is 15.9 Å². The van der Waals surface area contributed by atoms with Gasteiger partial charge in [0.2, 0.25) is 0 Å². The molecular formula is C29H36N4O3SSi. The number of hydrogen-bond donors (Lipinski definition) is 0. The van der Waals surface area contributed by atoms with Crippen LogP contribution in [0.4, 0.5) is 5.69 Å². The van der Waals surface area contributed by atoms with Crippen LogP contribution in [0.1, 0.15) is 18.4 Å². The standard InChI is InChI=1S/C29H36N4O3SSi/c1-20-13-22(32-8-6-29(7-9-32)17-36-18-29)15-23-26(20)31-27(24-14-21-5-11-37-25(21)16-30-24)33(28(23)34)19-35-10-12-38(2,3)4/h5,11,13-16H,6-10,12,17-19H2,1-4H3. The Morgan fingerprint density at radius 3 is 2.66 bits per heavy atom. The maximum absolute atomic E-state index is 14.1. The molecule has 2 fully saturated rings. The van der Waals surface area contributed by atoms with Gasteiger partial charge < -0.3 is 14.4 Å². The number of rotatable bonds is 7. The molecule has 6 rings (SSSR count). The number of anilines is 1. The minimum Gasteiger partial charge on any atom is -0.380 e. The summed E-state index contributed by atoms with van der Waals surface area (Å²) in [5, 5.41) is 3.80. The molecule has 0 radical (unpaired) electrons. The summed E-state index contributed by atoms with van der Waals surface area (Å²) in [6.45, 7) is 13.6. The van der Waals surface area contributed by atoms with Gasteiger partial charge in [-0.15, -0.1) is 11.3 Å². The van der Waals surface area contributed by atoms with Crippen LogP contribution in [0.3, 0.4) is 0 Å². The minimum atomic E-state index is -1.25. The van der Waals surface area contributed by atoms with Crippen LogP contribution in [0.2, 0.25) is 25.7 Å². The molecule has 0 atom stereocenters. The zero-order chi connectivity index (χ0) is 26.5. The second-order valence-electron chi connectivity index (χ2n) is 12.2. The van der Waals surface area contributed by atoms with Crippen molar-refractivity contribution < 1.29 is 9.47 Å². The smallest absolute Gasteiger partial charge is 0.263 e. The lowest BCUT2D eigenvalue weighted by molar-refractivity contribution is -0.124. The van der Waals surface area contributed by atoms with Crippen LogP contribution in [0, 0.1) is 12.3 Å². The number of thiophene rings is 1. The van der Waals surface area contributed by atoms with Crippen LogP contribution in [0.5, 0.6) is 0 Å². The molecule has 1 spiro atoms. The number of nitrogens with zero attached hydrogens (tertiary/aromatic N) is 4. The Bertz CT molecular complexity index is 1540. The summed E-state index contributed by atoms with van der Waals surface area (Å²) in [5.74, 6) is 0.560. The number of aromatic nitrogens is 3. The van der Waals surface area contributed by atoms with E-state index in [4.69, 9.17) is 19.4 Å². The van der Waals surface area contributed by atoms with E-state index in [9.17, 15) is 4.79 Å². The molecule has 0 aliphatic carbocycles. The third-order valence-corrected chi connectivity index (χ3v) is 10.6. The maximum atomic E-state index is 14.1. The molecule has 9 heteroatoms. The monoisotopic (exact) mass is 548 g/mol. The van der Waals surface area contributed by atoms with E-state index in [2.05, 4.69) is 49.0 Å². The van der Waals surface area contributed by atoms with Crippen molar-refractivity contribution in [1.29, 1.82) is 0 Å². The fourth-order valence-electron chi connectivity index (χ4n) is 5.42. The van der Waals surface area contributed by atoms with Crippen LogP contribution in [0.15, 0.2) is 40.6 Å². The van der Waals surface area contributed by atoms with E-state index >= 15 is 0 Å². The predicted octanol–water partition coefficient (Wildman–Crippen LogP) is 5.91. The zero-order valence-electron chi connectivity index (χ0n) is 22.7. The first-order valence-electron chi connectivity index (χ1n) is 13.5. The number of piperidine rings is 1. The van der Waals surface area contributed by atoms with E-state index in [0.717, 1.165) is 72.0 Å². The molecule has 2 saturated heterocycles. The molecule has 7 nitrogen and oxygen atoms in total. The molecule has 0 bridgehead atoms. The molecule has 0 saturated carbocycles. The average molecular weight is 549 g/mol. The van der Waals surface area contributed by atoms with Crippen LogP contribution < -0.4 is 10.5 Å². The fourth-order valence-corrected chi connectivity index (χ4v) is 6.92. The van der Waals surface area contributed by atoms with Crippen LogP contribution in [-0.4, -0.2) is 55.5 Å². The summed E-state index contributed by atoms with van der Waals surface area (Å²) in [7, 11) is -1.25. The molecule has 0 N–H and O–H groups in total. The van der Waals surface area contributed by atoms with Crippen molar-refractivity contribution >= 4 is 46.1 Å². The van der Waals surface area contributed by atoms with E-state index in [0.29, 0.717) is 28.9 Å². The molecule has 2 aliphatic heterocycles. The first-order valence-corrected chi connectivity index (χ1v) is 18.1. The highest BCUT2D eigenvalue weighted by Gasteiger charge is 2.41. The van der Waals surface area contributed by atoms with Crippen LogP contribution >= 0.6 is 11.3 Å². The van der Waals surface area contributed by atoms with Crippen molar-refractivity contribution in [2.24, 2.45) is 5.41 Å². The summed E-state index contributed by atoms with van der Waals surface area (Å²) in [5.41, 5.74) is 3.83. The van der Waals surface area contributed by atoms with Crippen LogP contribution in [0.25, 0.3) is 32.5 Å². The topological polar surface area (TPSA) is 69.5 Å². The molecule has 200 valence electrons. The molecule has 0 unspecified atom stereocenters. The molecule has 38 heavy (non-hydrogen) atoms. The van der Waals surface area contributed by atoms with E-state index < -0.39 is 8.07 Å². The number of pyridine rings is 1. The Morgan fingerprint density at radius 2 is 1.95 bits per heavy atom. The number of benzene rings is 1. The highest BCUT2D eigenvalue weighted by Crippen LogP contribution is 2.40. The number of fused-ring (bicyclic) bond motifs is 2. The quantitative estimate of drug-likeness (QED) is 0.211. The lowest BCUT2D eigenvalue weighted by Gasteiger charge is -2.47. The lowest BCUT2D eigenvalue weighted by atomic mass is 9.77. The van der Waals surface area contributed by atoms with Gasteiger partial charge in [0.25, 0.3) is 5.56 Å². The van der Waals surface area contributed by atoms with Crippen molar-refractivity contribution in [3.8, 4) is 11.5 Å². The summed E-state index contributed by atoms with van der Waals surface area (Å²) in [4.78, 5) is 26.2. The van der Waals surface area contributed by atoms with Gasteiger partial charge in [0, 0.05) is 45.1 Å². The van der Waals surface area contributed by atoms with Gasteiger partial charge in [0.15, 0.2) is 5.82 Å². The van der Waals surface area contributed by atoms with Crippen molar-refractivity contribution in [2.45, 2.75) is 52.2 Å². The van der Waals surface area contributed by atoms with Gasteiger partial charge in [-0.2, -0.15) is 0 Å². The Kier molecular flexibility index (Phi) is 6.66.